The summed E-state index contributed by atoms with van der Waals surface area (Å²) in [5.74, 6) is -2.21. The molecule has 137 heavy (non-hydrogen) atoms. The van der Waals surface area contributed by atoms with Crippen LogP contribution in [0.4, 0.5) is 15.4 Å². The van der Waals surface area contributed by atoms with Crippen LogP contribution >= 0.6 is 34.0 Å². The lowest BCUT2D eigenvalue weighted by Crippen LogP contribution is -2.57. The molecule has 0 aliphatic carbocycles. The van der Waals surface area contributed by atoms with E-state index in [-0.39, 0.29) is 52.0 Å². The number of aliphatic hydroxyl groups is 1. The van der Waals surface area contributed by atoms with Crippen molar-refractivity contribution < 1.29 is 48.2 Å². The number of hydrazine groups is 3. The molecule has 0 saturated heterocycles. The quantitative estimate of drug-likeness (QED) is 0.0265. The Morgan fingerprint density at radius 3 is 1.31 bits per heavy atom. The Morgan fingerprint density at radius 1 is 0.489 bits per heavy atom. The molecule has 28 heteroatoms. The lowest BCUT2D eigenvalue weighted by molar-refractivity contribution is -0.173. The smallest absolute Gasteiger partial charge is 0.290 e. The molecular formula is C109H151N15O10S3. The highest BCUT2D eigenvalue weighted by molar-refractivity contribution is 7.17. The number of aliphatic hydroxyl groups excluding tert-OH is 1. The number of carbonyl (C=O) groups excluding carboxylic acids is 8. The lowest BCUT2D eigenvalue weighted by atomic mass is 9.89. The molecule has 0 radical (unpaired) electrons. The zero-order valence-electron chi connectivity index (χ0n) is 85.9. The van der Waals surface area contributed by atoms with E-state index in [1.165, 1.54) is 95.4 Å². The van der Waals surface area contributed by atoms with Gasteiger partial charge in [-0.15, -0.1) is 0 Å². The molecule has 0 fully saturated rings. The monoisotopic (exact) mass is 1930 g/mol. The Bertz CT molecular complexity index is 5380. The number of benzene rings is 3. The number of aromatic nitrogens is 3. The van der Waals surface area contributed by atoms with Crippen LogP contribution in [0.15, 0.2) is 129 Å². The predicted molar refractivity (Wildman–Crippen MR) is 556 cm³/mol. The molecular weight excluding hydrogens is 1780 g/mol. The number of nitrogens with one attached hydrogen (secondary N) is 1. The summed E-state index contributed by atoms with van der Waals surface area (Å²) < 4.78 is 5.70. The number of hydrogen-bond acceptors (Lipinski definition) is 23. The Morgan fingerprint density at radius 2 is 0.891 bits per heavy atom. The maximum atomic E-state index is 14.2. The second-order valence-electron chi connectivity index (χ2n) is 37.7. The van der Waals surface area contributed by atoms with E-state index in [1.807, 2.05) is 61.5 Å². The van der Waals surface area contributed by atoms with E-state index in [0.717, 1.165) is 164 Å². The van der Waals surface area contributed by atoms with E-state index >= 15 is 0 Å². The number of nitrogens with zero attached hydrogens (tertiary/aromatic N) is 14. The Hall–Kier alpha value is -11.1. The van der Waals surface area contributed by atoms with Gasteiger partial charge in [0.05, 0.1) is 45.4 Å². The number of unbranched alkanes of at least 4 members (excludes halogenated alkanes) is 6. The summed E-state index contributed by atoms with van der Waals surface area (Å²) in [6.07, 6.45) is 28.8. The largest absolute Gasteiger partial charge is 0.496 e. The predicted octanol–water partition coefficient (Wildman–Crippen LogP) is 23.6. The number of nitriles is 3. The van der Waals surface area contributed by atoms with Gasteiger partial charge < -0.3 is 24.5 Å². The fourth-order valence-corrected chi connectivity index (χ4v) is 20.2. The second kappa shape index (κ2) is 54.9. The maximum absolute atomic E-state index is 14.2. The fraction of sp³-hybridized carbons (Fsp3) is 0.541. The summed E-state index contributed by atoms with van der Waals surface area (Å²) in [5.41, 5.74) is 7.56. The summed E-state index contributed by atoms with van der Waals surface area (Å²) in [4.78, 5) is 134. The lowest BCUT2D eigenvalue weighted by Gasteiger charge is -2.38. The molecule has 0 bridgehead atoms. The topological polar surface area (TPSA) is 314 Å². The molecule has 6 heterocycles. The summed E-state index contributed by atoms with van der Waals surface area (Å²) in [7, 11) is 2.93. The fourth-order valence-electron chi connectivity index (χ4n) is 16.8. The van der Waals surface area contributed by atoms with Crippen LogP contribution in [0.25, 0.3) is 40.7 Å². The van der Waals surface area contributed by atoms with Crippen molar-refractivity contribution in [3.05, 3.63) is 160 Å². The molecule has 6 aromatic rings. The first-order valence-electron chi connectivity index (χ1n) is 49.7. The van der Waals surface area contributed by atoms with E-state index < -0.39 is 52.7 Å². The number of methoxy groups -OCH3 is 1. The number of ether oxygens (including phenoxy) is 1. The molecule has 0 spiro atoms. The normalized spacial score (nSPS) is 15.5. The van der Waals surface area contributed by atoms with Crippen molar-refractivity contribution in [2.75, 3.05) is 81.2 Å². The molecule has 2 N–H and O–H groups in total. The third-order valence-electron chi connectivity index (χ3n) is 25.4. The van der Waals surface area contributed by atoms with Gasteiger partial charge in [-0.2, -0.15) is 25.8 Å². The van der Waals surface area contributed by atoms with Gasteiger partial charge in [-0.05, 0) is 155 Å². The number of amides is 8. The van der Waals surface area contributed by atoms with E-state index in [4.69, 9.17) is 19.7 Å². The highest BCUT2D eigenvalue weighted by Gasteiger charge is 2.45. The molecule has 3 aliphatic rings. The molecule has 25 nitrogen and oxygen atoms in total. The maximum Gasteiger partial charge on any atom is 0.290 e. The van der Waals surface area contributed by atoms with Gasteiger partial charge in [0.1, 0.15) is 40.7 Å². The number of carbonyl (C=O) groups is 8. The van der Waals surface area contributed by atoms with E-state index in [1.54, 1.807) is 139 Å². The average molecular weight is 1930 g/mol. The minimum atomic E-state index is -0.881. The van der Waals surface area contributed by atoms with Gasteiger partial charge in [0.25, 0.3) is 41.4 Å². The minimum absolute atomic E-state index is 0.0181. The number of imide groups is 3. The van der Waals surface area contributed by atoms with Crippen molar-refractivity contribution in [1.82, 2.24) is 45.4 Å². The summed E-state index contributed by atoms with van der Waals surface area (Å²) >= 11 is 4.56. The average Bonchev–Trinajstić information content (AvgIpc) is 1.73. The number of anilines is 3. The van der Waals surface area contributed by atoms with Gasteiger partial charge in [0.2, 0.25) is 5.91 Å². The molecule has 740 valence electrons. The standard InChI is InChI=1S/C39H55N5O3S.C36H51N5O2S.C34H45N5O5S/c1-10-14-19-28(12-3)25-43(26-29(13-4)20-15-11-2)38-41-34(39(6,7)8)33(48-38)23-31-27(5)32(24-40)37(47)44(36(31)46)42(9)35(45)30-21-17-16-18-22-30;1-7-12-17-27(10-4)24-40(25-28(11-5)18-13-8-2)36-39-33(29-19-15-14-16-20-29)32(44-36)22-30-26(6)31(23-37)35(43)41(34(30)42)38-21-9-3;1-9-12-17-37(18-13-10-2)33-36-29(28-23(21-40)15-14-16-26(28)44-8)27(45-33)19-24-22(4)25(20-35)31(42)39(30(24)41)38(11-3)32(43)34(5,6)7/h16-18,21-23,28-29H,10-15,19-20,25-26H2,1-9H3;14-16,19-20,22,27-28,38H,7-13,17-18,21,24-25H2,1-6H3;14-16,19,40H,9-13,17-18,21H2,1-8H3/b31-23-;30-22-;24-19-. The number of thiazole rings is 3. The van der Waals surface area contributed by atoms with Crippen LogP contribution in [0.1, 0.15) is 316 Å². The third-order valence-corrected chi connectivity index (χ3v) is 28.6. The Labute approximate surface area is 828 Å². The highest BCUT2D eigenvalue weighted by atomic mass is 32.1. The van der Waals surface area contributed by atoms with Crippen LogP contribution in [0.3, 0.4) is 0 Å². The zero-order valence-corrected chi connectivity index (χ0v) is 88.3. The first kappa shape index (κ1) is 113. The van der Waals surface area contributed by atoms with Crippen LogP contribution in [0, 0.1) is 63.1 Å². The zero-order chi connectivity index (χ0) is 101. The van der Waals surface area contributed by atoms with Gasteiger partial charge in [-0.25, -0.2) is 35.4 Å². The molecule has 3 aromatic heterocycles. The van der Waals surface area contributed by atoms with E-state index in [2.05, 4.69) is 110 Å². The van der Waals surface area contributed by atoms with Gasteiger partial charge in [-0.1, -0.05) is 302 Å². The molecule has 8 amide bonds. The van der Waals surface area contributed by atoms with Crippen molar-refractivity contribution in [1.29, 1.82) is 15.8 Å². The first-order valence-corrected chi connectivity index (χ1v) is 52.1. The Kier molecular flexibility index (Phi) is 45.3. The second-order valence-corrected chi connectivity index (χ2v) is 40.8. The summed E-state index contributed by atoms with van der Waals surface area (Å²) in [6.45, 7) is 48.0. The van der Waals surface area contributed by atoms with Gasteiger partial charge >= 0.3 is 0 Å². The van der Waals surface area contributed by atoms with Gasteiger partial charge in [0.15, 0.2) is 15.4 Å². The minimum Gasteiger partial charge on any atom is -0.496 e. The number of hydrogen-bond donors (Lipinski definition) is 2. The van der Waals surface area contributed by atoms with Crippen LogP contribution in [-0.4, -0.2) is 159 Å². The molecule has 3 aliphatic heterocycles. The van der Waals surface area contributed by atoms with Crippen molar-refractivity contribution in [2.45, 2.75) is 292 Å². The van der Waals surface area contributed by atoms with Gasteiger partial charge in [0, 0.05) is 104 Å². The first-order chi connectivity index (χ1) is 65.5. The van der Waals surface area contributed by atoms with Crippen LogP contribution in [0.5, 0.6) is 5.75 Å². The molecule has 3 aromatic carbocycles. The van der Waals surface area contributed by atoms with E-state index in [0.29, 0.717) is 79.9 Å². The Balaban J connectivity index is 0.000000280. The van der Waals surface area contributed by atoms with Gasteiger partial charge in [-0.3, -0.25) is 38.4 Å². The molecule has 4 atom stereocenters. The highest BCUT2D eigenvalue weighted by Crippen LogP contribution is 2.46. The van der Waals surface area contributed by atoms with Crippen molar-refractivity contribution in [3.63, 3.8) is 0 Å². The molecule has 0 saturated carbocycles. The third kappa shape index (κ3) is 29.1. The van der Waals surface area contributed by atoms with Crippen LogP contribution < -0.4 is 24.9 Å². The van der Waals surface area contributed by atoms with Crippen molar-refractivity contribution >= 4 is 115 Å². The van der Waals surface area contributed by atoms with Crippen LogP contribution in [-0.2, 0) is 45.6 Å². The van der Waals surface area contributed by atoms with E-state index in [9.17, 15) is 59.2 Å². The van der Waals surface area contributed by atoms with Crippen LogP contribution in [0.2, 0.25) is 0 Å². The number of rotatable bonds is 47. The molecule has 4 unspecified atom stereocenters. The summed E-state index contributed by atoms with van der Waals surface area (Å²) in [5, 5.41) is 47.6. The molecule has 9 rings (SSSR count). The SMILES string of the molecule is CCCCC(CC)CN(CC(CC)CCCC)c1nc(-c2ccccc2)c(/C=C2\C(=O)N(NCCC)C(=O)C(C#N)=C2C)s1.CCCCC(CC)CN(CC(CC)CCCC)c1nc(C(C)(C)C)c(/C=C2\C(=O)N(N(C)C(=O)c3ccccc3)C(=O)C(C#N)=C2C)s1.CCCCN(CCCC)c1nc(-c2c(CO)cccc2OC)c(/C=C2\C(=O)N(N(CC)C(=O)C(C)(C)C)C(=O)C(C#N)=C2C)s1. The van der Waals surface area contributed by atoms with Crippen molar-refractivity contribution in [3.8, 4) is 46.5 Å². The van der Waals surface area contributed by atoms with Crippen molar-refractivity contribution in [2.24, 2.45) is 29.1 Å². The summed E-state index contributed by atoms with van der Waals surface area (Å²) in [6, 6.07) is 29.9.